The highest BCUT2D eigenvalue weighted by Gasteiger charge is 2.19. The summed E-state index contributed by atoms with van der Waals surface area (Å²) < 4.78 is 0.959. The number of rotatable bonds is 4. The van der Waals surface area contributed by atoms with Gasteiger partial charge in [-0.1, -0.05) is 18.2 Å². The summed E-state index contributed by atoms with van der Waals surface area (Å²) >= 11 is 4.88. The fraction of sp³-hybridized carbons (Fsp3) is 0.154. The number of halogens is 1. The number of carbonyl (C=O) groups is 1. The summed E-state index contributed by atoms with van der Waals surface area (Å²) in [5.74, 6) is -0.382. The first-order valence-electron chi connectivity index (χ1n) is 5.43. The lowest BCUT2D eigenvalue weighted by atomic mass is 10.1. The Morgan fingerprint density at radius 1 is 1.44 bits per heavy atom. The highest BCUT2D eigenvalue weighted by Crippen LogP contribution is 2.29. The lowest BCUT2D eigenvalue weighted by Crippen LogP contribution is -2.27. The van der Waals surface area contributed by atoms with Gasteiger partial charge in [-0.05, 0) is 40.5 Å². The Bertz CT molecular complexity index is 568. The van der Waals surface area contributed by atoms with E-state index in [-0.39, 0.29) is 5.91 Å². The van der Waals surface area contributed by atoms with Gasteiger partial charge in [-0.15, -0.1) is 11.3 Å². The van der Waals surface area contributed by atoms with Gasteiger partial charge < -0.3 is 11.1 Å². The van der Waals surface area contributed by atoms with E-state index in [1.54, 1.807) is 0 Å². The van der Waals surface area contributed by atoms with Crippen LogP contribution in [0.3, 0.4) is 0 Å². The standard InChI is InChI=1S/C13H13BrN2OS/c1-8-4-2-3-5-10(8)16-12(13(15)17)11-6-9(14)7-18-11/h2-7,12,16H,1H3,(H2,15,17). The number of anilines is 1. The van der Waals surface area contributed by atoms with Gasteiger partial charge in [-0.25, -0.2) is 0 Å². The van der Waals surface area contributed by atoms with Gasteiger partial charge in [0.25, 0.3) is 0 Å². The minimum Gasteiger partial charge on any atom is -0.369 e. The largest absolute Gasteiger partial charge is 0.369 e. The second-order valence-electron chi connectivity index (χ2n) is 3.96. The average molecular weight is 325 g/mol. The number of benzene rings is 1. The minimum absolute atomic E-state index is 0.382. The fourth-order valence-corrected chi connectivity index (χ4v) is 3.15. The molecule has 0 radical (unpaired) electrons. The summed E-state index contributed by atoms with van der Waals surface area (Å²) in [5.41, 5.74) is 7.47. The average Bonchev–Trinajstić information content (AvgIpc) is 2.74. The van der Waals surface area contributed by atoms with Crippen molar-refractivity contribution in [3.63, 3.8) is 0 Å². The molecule has 3 nitrogen and oxygen atoms in total. The van der Waals surface area contributed by atoms with E-state index >= 15 is 0 Å². The lowest BCUT2D eigenvalue weighted by Gasteiger charge is -2.16. The van der Waals surface area contributed by atoms with Crippen LogP contribution in [0, 0.1) is 6.92 Å². The smallest absolute Gasteiger partial charge is 0.245 e. The van der Waals surface area contributed by atoms with Crippen LogP contribution in [0.5, 0.6) is 0 Å². The van der Waals surface area contributed by atoms with E-state index in [1.165, 1.54) is 11.3 Å². The summed E-state index contributed by atoms with van der Waals surface area (Å²) in [6, 6.07) is 9.23. The summed E-state index contributed by atoms with van der Waals surface area (Å²) in [6.07, 6.45) is 0. The predicted molar refractivity (Wildman–Crippen MR) is 78.8 cm³/mol. The normalized spacial score (nSPS) is 12.1. The Hall–Kier alpha value is -1.33. The van der Waals surface area contributed by atoms with Crippen molar-refractivity contribution in [2.75, 3.05) is 5.32 Å². The van der Waals surface area contributed by atoms with Gasteiger partial charge in [-0.2, -0.15) is 0 Å². The molecule has 1 aromatic carbocycles. The Labute approximate surface area is 118 Å². The van der Waals surface area contributed by atoms with E-state index in [1.807, 2.05) is 42.6 Å². The van der Waals surface area contributed by atoms with Crippen LogP contribution in [0.4, 0.5) is 5.69 Å². The van der Waals surface area contributed by atoms with Gasteiger partial charge in [0.1, 0.15) is 6.04 Å². The molecule has 1 aromatic heterocycles. The summed E-state index contributed by atoms with van der Waals surface area (Å²) in [4.78, 5) is 12.5. The molecule has 2 rings (SSSR count). The molecule has 0 aliphatic carbocycles. The molecule has 0 saturated carbocycles. The van der Waals surface area contributed by atoms with Crippen molar-refractivity contribution >= 4 is 38.9 Å². The highest BCUT2D eigenvalue weighted by atomic mass is 79.9. The number of hydrogen-bond acceptors (Lipinski definition) is 3. The topological polar surface area (TPSA) is 55.1 Å². The molecule has 0 saturated heterocycles. The number of para-hydroxylation sites is 1. The third kappa shape index (κ3) is 2.91. The van der Waals surface area contributed by atoms with Crippen molar-refractivity contribution in [2.45, 2.75) is 13.0 Å². The Kier molecular flexibility index (Phi) is 4.04. The maximum Gasteiger partial charge on any atom is 0.245 e. The Balaban J connectivity index is 2.28. The molecule has 0 aliphatic heterocycles. The zero-order chi connectivity index (χ0) is 13.1. The van der Waals surface area contributed by atoms with Crippen LogP contribution >= 0.6 is 27.3 Å². The van der Waals surface area contributed by atoms with Crippen LogP contribution in [-0.4, -0.2) is 5.91 Å². The maximum atomic E-state index is 11.6. The van der Waals surface area contributed by atoms with Gasteiger partial charge in [0, 0.05) is 20.4 Å². The molecule has 0 bridgehead atoms. The molecule has 18 heavy (non-hydrogen) atoms. The molecule has 94 valence electrons. The second kappa shape index (κ2) is 5.54. The molecule has 2 aromatic rings. The number of primary amides is 1. The van der Waals surface area contributed by atoms with Crippen LogP contribution in [0.2, 0.25) is 0 Å². The molecule has 5 heteroatoms. The van der Waals surface area contributed by atoms with E-state index in [9.17, 15) is 4.79 Å². The van der Waals surface area contributed by atoms with Crippen molar-refractivity contribution in [3.05, 3.63) is 50.6 Å². The molecule has 0 aliphatic rings. The Morgan fingerprint density at radius 3 is 2.72 bits per heavy atom. The fourth-order valence-electron chi connectivity index (χ4n) is 1.65. The molecule has 3 N–H and O–H groups in total. The van der Waals surface area contributed by atoms with Crippen molar-refractivity contribution in [2.24, 2.45) is 5.73 Å². The lowest BCUT2D eigenvalue weighted by molar-refractivity contribution is -0.118. The van der Waals surface area contributed by atoms with Crippen LogP contribution < -0.4 is 11.1 Å². The second-order valence-corrected chi connectivity index (χ2v) is 5.82. The van der Waals surface area contributed by atoms with E-state index in [4.69, 9.17) is 5.73 Å². The summed E-state index contributed by atoms with van der Waals surface area (Å²) in [5, 5.41) is 5.13. The van der Waals surface area contributed by atoms with Crippen molar-refractivity contribution in [3.8, 4) is 0 Å². The number of thiophene rings is 1. The van der Waals surface area contributed by atoms with Crippen LogP contribution in [-0.2, 0) is 4.79 Å². The van der Waals surface area contributed by atoms with Gasteiger partial charge in [0.15, 0.2) is 0 Å². The summed E-state index contributed by atoms with van der Waals surface area (Å²) in [7, 11) is 0. The number of amides is 1. The number of nitrogens with two attached hydrogens (primary N) is 1. The zero-order valence-electron chi connectivity index (χ0n) is 9.81. The number of hydrogen-bond donors (Lipinski definition) is 2. The number of nitrogens with one attached hydrogen (secondary N) is 1. The number of aryl methyl sites for hydroxylation is 1. The first kappa shape index (κ1) is 13.1. The molecule has 0 fully saturated rings. The molecule has 1 atom stereocenters. The minimum atomic E-state index is -0.498. The van der Waals surface area contributed by atoms with Gasteiger partial charge in [-0.3, -0.25) is 4.79 Å². The first-order valence-corrected chi connectivity index (χ1v) is 7.10. The predicted octanol–water partition coefficient (Wildman–Crippen LogP) is 3.46. The molecule has 1 heterocycles. The third-order valence-electron chi connectivity index (χ3n) is 2.60. The molecule has 1 amide bonds. The molecule has 0 spiro atoms. The van der Waals surface area contributed by atoms with Gasteiger partial charge in [0.05, 0.1) is 0 Å². The van der Waals surface area contributed by atoms with Crippen LogP contribution in [0.25, 0.3) is 0 Å². The highest BCUT2D eigenvalue weighted by molar-refractivity contribution is 9.10. The quantitative estimate of drug-likeness (QED) is 0.904. The van der Waals surface area contributed by atoms with Crippen LogP contribution in [0.15, 0.2) is 40.2 Å². The van der Waals surface area contributed by atoms with E-state index in [2.05, 4.69) is 21.2 Å². The molecule has 1 unspecified atom stereocenters. The van der Waals surface area contributed by atoms with Crippen molar-refractivity contribution in [1.82, 2.24) is 0 Å². The zero-order valence-corrected chi connectivity index (χ0v) is 12.2. The molecular formula is C13H13BrN2OS. The van der Waals surface area contributed by atoms with Gasteiger partial charge in [0.2, 0.25) is 5.91 Å². The Morgan fingerprint density at radius 2 is 2.17 bits per heavy atom. The first-order chi connectivity index (χ1) is 8.58. The van der Waals surface area contributed by atoms with Crippen LogP contribution in [0.1, 0.15) is 16.5 Å². The third-order valence-corrected chi connectivity index (χ3v) is 4.36. The molecular weight excluding hydrogens is 312 g/mol. The SMILES string of the molecule is Cc1ccccc1NC(C(N)=O)c1cc(Br)cs1. The summed E-state index contributed by atoms with van der Waals surface area (Å²) in [6.45, 7) is 1.99. The monoisotopic (exact) mass is 324 g/mol. The van der Waals surface area contributed by atoms with E-state index < -0.39 is 6.04 Å². The van der Waals surface area contributed by atoms with Gasteiger partial charge >= 0.3 is 0 Å². The van der Waals surface area contributed by atoms with E-state index in [0.29, 0.717) is 0 Å². The van der Waals surface area contributed by atoms with E-state index in [0.717, 1.165) is 20.6 Å². The van der Waals surface area contributed by atoms with Crippen molar-refractivity contribution in [1.29, 1.82) is 0 Å². The van der Waals surface area contributed by atoms with Crippen molar-refractivity contribution < 1.29 is 4.79 Å². The maximum absolute atomic E-state index is 11.6. The number of carbonyl (C=O) groups excluding carboxylic acids is 1.